The van der Waals surface area contributed by atoms with Gasteiger partial charge in [-0.1, -0.05) is 12.1 Å². The summed E-state index contributed by atoms with van der Waals surface area (Å²) in [6, 6.07) is 17.1. The third-order valence-corrected chi connectivity index (χ3v) is 4.67. The van der Waals surface area contributed by atoms with Crippen molar-refractivity contribution in [3.63, 3.8) is 0 Å². The first-order chi connectivity index (χ1) is 15.0. The van der Waals surface area contributed by atoms with Gasteiger partial charge in [0.25, 0.3) is 0 Å². The number of azo groups is 2. The molecule has 0 unspecified atom stereocenters. The van der Waals surface area contributed by atoms with Gasteiger partial charge in [0.15, 0.2) is 0 Å². The van der Waals surface area contributed by atoms with Crippen molar-refractivity contribution in [3.05, 3.63) is 60.7 Å². The third kappa shape index (κ3) is 5.36. The molecular formula is C23H25N5O3. The maximum Gasteiger partial charge on any atom is 0.146 e. The normalized spacial score (nSPS) is 11.3. The Morgan fingerprint density at radius 2 is 1.45 bits per heavy atom. The van der Waals surface area contributed by atoms with Gasteiger partial charge < -0.3 is 19.8 Å². The molecule has 0 saturated heterocycles. The summed E-state index contributed by atoms with van der Waals surface area (Å²) in [6.07, 6.45) is 0. The maximum absolute atomic E-state index is 10.3. The Bertz CT molecular complexity index is 1090. The Hall–Kier alpha value is -3.94. The summed E-state index contributed by atoms with van der Waals surface area (Å²) in [5.41, 5.74) is 2.49. The van der Waals surface area contributed by atoms with E-state index in [2.05, 4.69) is 39.2 Å². The summed E-state index contributed by atoms with van der Waals surface area (Å²) in [5, 5.41) is 37.0. The van der Waals surface area contributed by atoms with Crippen LogP contribution in [0.15, 0.2) is 81.1 Å². The molecule has 3 rings (SSSR count). The van der Waals surface area contributed by atoms with Gasteiger partial charge in [0.1, 0.15) is 34.3 Å². The lowest BCUT2D eigenvalue weighted by atomic mass is 10.2. The van der Waals surface area contributed by atoms with E-state index in [9.17, 15) is 10.2 Å². The molecule has 0 fully saturated rings. The van der Waals surface area contributed by atoms with Gasteiger partial charge in [0, 0.05) is 24.8 Å². The quantitative estimate of drug-likeness (QED) is 0.393. The van der Waals surface area contributed by atoms with E-state index in [4.69, 9.17) is 4.74 Å². The van der Waals surface area contributed by atoms with Crippen molar-refractivity contribution in [3.8, 4) is 17.2 Å². The van der Waals surface area contributed by atoms with Crippen LogP contribution in [0.1, 0.15) is 13.8 Å². The highest BCUT2D eigenvalue weighted by molar-refractivity contribution is 5.63. The van der Waals surface area contributed by atoms with E-state index in [-0.39, 0.29) is 17.2 Å². The molecule has 0 atom stereocenters. The standard InChI is InChI=1S/C23H25N5O3/c1-4-28(5-2)17-11-12-18(22(30)15-17)25-27-20-14-16(10-13-21(20)29)24-26-19-8-6-7-9-23(19)31-3/h6-15,29-30H,4-5H2,1-3H3. The molecule has 160 valence electrons. The van der Waals surface area contributed by atoms with Crippen molar-refractivity contribution >= 4 is 28.4 Å². The van der Waals surface area contributed by atoms with Crippen molar-refractivity contribution in [2.75, 3.05) is 25.1 Å². The van der Waals surface area contributed by atoms with Gasteiger partial charge in [-0.25, -0.2) is 0 Å². The highest BCUT2D eigenvalue weighted by Crippen LogP contribution is 2.36. The third-order valence-electron chi connectivity index (χ3n) is 4.67. The Kier molecular flexibility index (Phi) is 7.16. The number of hydrogen-bond donors (Lipinski definition) is 2. The van der Waals surface area contributed by atoms with E-state index in [0.29, 0.717) is 22.8 Å². The molecule has 31 heavy (non-hydrogen) atoms. The topological polar surface area (TPSA) is 102 Å². The number of ether oxygens (including phenoxy) is 1. The van der Waals surface area contributed by atoms with Crippen LogP contribution >= 0.6 is 0 Å². The summed E-state index contributed by atoms with van der Waals surface area (Å²) in [7, 11) is 1.57. The molecular weight excluding hydrogens is 394 g/mol. The SMILES string of the molecule is CCN(CC)c1ccc(N=Nc2cc(N=Nc3ccccc3OC)ccc2O)c(O)c1. The molecule has 8 heteroatoms. The van der Waals surface area contributed by atoms with Crippen LogP contribution in [0.4, 0.5) is 28.4 Å². The summed E-state index contributed by atoms with van der Waals surface area (Å²) < 4.78 is 5.26. The molecule has 3 aromatic carbocycles. The van der Waals surface area contributed by atoms with Crippen LogP contribution in [0.5, 0.6) is 17.2 Å². The number of hydrogen-bond acceptors (Lipinski definition) is 8. The fourth-order valence-electron chi connectivity index (χ4n) is 2.97. The molecule has 0 saturated carbocycles. The number of nitrogens with zero attached hydrogens (tertiary/aromatic N) is 5. The van der Waals surface area contributed by atoms with Crippen LogP contribution in [0, 0.1) is 0 Å². The van der Waals surface area contributed by atoms with Crippen LogP contribution in [0.2, 0.25) is 0 Å². The van der Waals surface area contributed by atoms with Crippen LogP contribution in [0.3, 0.4) is 0 Å². The lowest BCUT2D eigenvalue weighted by Crippen LogP contribution is -2.21. The zero-order valence-corrected chi connectivity index (χ0v) is 17.7. The van der Waals surface area contributed by atoms with E-state index in [1.54, 1.807) is 43.5 Å². The van der Waals surface area contributed by atoms with Crippen LogP contribution in [-0.2, 0) is 0 Å². The first-order valence-corrected chi connectivity index (χ1v) is 9.93. The monoisotopic (exact) mass is 419 g/mol. The van der Waals surface area contributed by atoms with E-state index in [0.717, 1.165) is 18.8 Å². The summed E-state index contributed by atoms with van der Waals surface area (Å²) in [4.78, 5) is 2.11. The molecule has 0 aliphatic rings. The summed E-state index contributed by atoms with van der Waals surface area (Å²) in [6.45, 7) is 5.77. The van der Waals surface area contributed by atoms with E-state index < -0.39 is 0 Å². The zero-order valence-electron chi connectivity index (χ0n) is 17.7. The highest BCUT2D eigenvalue weighted by atomic mass is 16.5. The van der Waals surface area contributed by atoms with Crippen molar-refractivity contribution < 1.29 is 14.9 Å². The van der Waals surface area contributed by atoms with Gasteiger partial charge in [-0.05, 0) is 56.3 Å². The lowest BCUT2D eigenvalue weighted by Gasteiger charge is -2.21. The summed E-state index contributed by atoms with van der Waals surface area (Å²) in [5.74, 6) is 0.562. The molecule has 0 aliphatic carbocycles. The number of phenols is 2. The van der Waals surface area contributed by atoms with Gasteiger partial charge >= 0.3 is 0 Å². The van der Waals surface area contributed by atoms with Gasteiger partial charge in [-0.2, -0.15) is 5.11 Å². The number of methoxy groups -OCH3 is 1. The molecule has 0 amide bonds. The lowest BCUT2D eigenvalue weighted by molar-refractivity contribution is 0.416. The Morgan fingerprint density at radius 3 is 2.16 bits per heavy atom. The molecule has 0 aromatic heterocycles. The average Bonchev–Trinajstić information content (AvgIpc) is 2.79. The Balaban J connectivity index is 1.82. The molecule has 8 nitrogen and oxygen atoms in total. The van der Waals surface area contributed by atoms with Crippen LogP contribution in [0.25, 0.3) is 0 Å². The fourth-order valence-corrected chi connectivity index (χ4v) is 2.97. The van der Waals surface area contributed by atoms with E-state index in [1.165, 1.54) is 6.07 Å². The molecule has 0 bridgehead atoms. The van der Waals surface area contributed by atoms with Crippen LogP contribution < -0.4 is 9.64 Å². The number of anilines is 1. The predicted molar refractivity (Wildman–Crippen MR) is 121 cm³/mol. The zero-order chi connectivity index (χ0) is 22.2. The van der Waals surface area contributed by atoms with E-state index >= 15 is 0 Å². The smallest absolute Gasteiger partial charge is 0.146 e. The second-order valence-corrected chi connectivity index (χ2v) is 6.59. The maximum atomic E-state index is 10.3. The van der Waals surface area contributed by atoms with Gasteiger partial charge in [-0.15, -0.1) is 15.3 Å². The van der Waals surface area contributed by atoms with Crippen LogP contribution in [-0.4, -0.2) is 30.4 Å². The molecule has 0 radical (unpaired) electrons. The summed E-state index contributed by atoms with van der Waals surface area (Å²) >= 11 is 0. The first kappa shape index (κ1) is 21.8. The number of aromatic hydroxyl groups is 2. The molecule has 0 heterocycles. The average molecular weight is 419 g/mol. The Morgan fingerprint density at radius 1 is 0.742 bits per heavy atom. The largest absolute Gasteiger partial charge is 0.506 e. The van der Waals surface area contributed by atoms with Crippen molar-refractivity contribution in [1.29, 1.82) is 0 Å². The Labute approximate surface area is 181 Å². The van der Waals surface area contributed by atoms with Crippen molar-refractivity contribution in [2.45, 2.75) is 13.8 Å². The predicted octanol–water partition coefficient (Wildman–Crippen LogP) is 6.78. The van der Waals surface area contributed by atoms with Gasteiger partial charge in [-0.3, -0.25) is 0 Å². The second kappa shape index (κ2) is 10.2. The number of rotatable bonds is 8. The number of phenolic OH excluding ortho intramolecular Hbond substituents is 2. The van der Waals surface area contributed by atoms with Crippen molar-refractivity contribution in [2.24, 2.45) is 20.5 Å². The minimum absolute atomic E-state index is 0.0136. The minimum atomic E-state index is -0.0563. The molecule has 2 N–H and O–H groups in total. The molecule has 3 aromatic rings. The molecule has 0 spiro atoms. The number of para-hydroxylation sites is 1. The fraction of sp³-hybridized carbons (Fsp3) is 0.217. The van der Waals surface area contributed by atoms with Crippen molar-refractivity contribution in [1.82, 2.24) is 0 Å². The first-order valence-electron chi connectivity index (χ1n) is 9.93. The van der Waals surface area contributed by atoms with Gasteiger partial charge in [0.2, 0.25) is 0 Å². The van der Waals surface area contributed by atoms with Gasteiger partial charge in [0.05, 0.1) is 12.8 Å². The highest BCUT2D eigenvalue weighted by Gasteiger charge is 2.08. The minimum Gasteiger partial charge on any atom is -0.506 e. The van der Waals surface area contributed by atoms with E-state index in [1.807, 2.05) is 18.2 Å². The second-order valence-electron chi connectivity index (χ2n) is 6.59. The molecule has 0 aliphatic heterocycles. The number of benzene rings is 3.